The molecule has 0 aliphatic rings. The number of carboxylic acids is 1. The predicted molar refractivity (Wildman–Crippen MR) is 91.2 cm³/mol. The molecule has 0 radical (unpaired) electrons. The van der Waals surface area contributed by atoms with Crippen molar-refractivity contribution in [1.82, 2.24) is 5.32 Å². The highest BCUT2D eigenvalue weighted by molar-refractivity contribution is 5.97. The Balaban J connectivity index is 2.17. The van der Waals surface area contributed by atoms with Crippen molar-refractivity contribution < 1.29 is 19.1 Å². The molecule has 0 saturated heterocycles. The molecule has 0 spiro atoms. The van der Waals surface area contributed by atoms with Crippen LogP contribution >= 0.6 is 0 Å². The number of aliphatic carboxylic acids is 1. The van der Waals surface area contributed by atoms with Crippen LogP contribution in [-0.4, -0.2) is 23.0 Å². The highest BCUT2D eigenvalue weighted by atomic mass is 16.4. The van der Waals surface area contributed by atoms with Crippen molar-refractivity contribution in [3.8, 4) is 0 Å². The molecule has 0 fully saturated rings. The molecule has 1 heterocycles. The molecule has 0 aliphatic carbocycles. The minimum Gasteiger partial charge on any atom is -0.480 e. The van der Waals surface area contributed by atoms with Gasteiger partial charge in [0.15, 0.2) is 0 Å². The SMILES string of the molecule is Cc1oc(C(C)(C)C)cc1C(=O)N[C@H](Cc1ccccc1)C(=O)O. The summed E-state index contributed by atoms with van der Waals surface area (Å²) in [6, 6.07) is 9.91. The third-order valence-corrected chi connectivity index (χ3v) is 3.79. The van der Waals surface area contributed by atoms with Gasteiger partial charge in [-0.15, -0.1) is 0 Å². The summed E-state index contributed by atoms with van der Waals surface area (Å²) in [7, 11) is 0. The van der Waals surface area contributed by atoms with Gasteiger partial charge in [-0.2, -0.15) is 0 Å². The van der Waals surface area contributed by atoms with Gasteiger partial charge < -0.3 is 14.8 Å². The van der Waals surface area contributed by atoms with E-state index in [1.807, 2.05) is 51.1 Å². The predicted octanol–water partition coefficient (Wildman–Crippen LogP) is 3.31. The van der Waals surface area contributed by atoms with Crippen molar-refractivity contribution in [1.29, 1.82) is 0 Å². The Kier molecular flexibility index (Phi) is 5.12. The van der Waals surface area contributed by atoms with Gasteiger partial charge in [-0.25, -0.2) is 4.79 Å². The second-order valence-corrected chi connectivity index (χ2v) is 6.88. The molecule has 5 nitrogen and oxygen atoms in total. The van der Waals surface area contributed by atoms with Gasteiger partial charge in [-0.3, -0.25) is 4.79 Å². The Bertz CT molecular complexity index is 726. The van der Waals surface area contributed by atoms with Gasteiger partial charge >= 0.3 is 5.97 Å². The highest BCUT2D eigenvalue weighted by Crippen LogP contribution is 2.27. The van der Waals surface area contributed by atoms with Gasteiger partial charge in [0.05, 0.1) is 5.56 Å². The van der Waals surface area contributed by atoms with Crippen LogP contribution in [0.1, 0.15) is 48.2 Å². The number of rotatable bonds is 5. The van der Waals surface area contributed by atoms with E-state index in [4.69, 9.17) is 4.42 Å². The monoisotopic (exact) mass is 329 g/mol. The van der Waals surface area contributed by atoms with E-state index in [-0.39, 0.29) is 11.8 Å². The standard InChI is InChI=1S/C19H23NO4/c1-12-14(11-16(24-12)19(2,3)4)17(21)20-15(18(22)23)10-13-8-6-5-7-9-13/h5-9,11,15H,10H2,1-4H3,(H,20,21)(H,22,23)/t15-/m1/s1. The first-order valence-electron chi connectivity index (χ1n) is 7.87. The number of benzene rings is 1. The summed E-state index contributed by atoms with van der Waals surface area (Å²) >= 11 is 0. The van der Waals surface area contributed by atoms with Crippen molar-refractivity contribution in [3.05, 3.63) is 59.0 Å². The summed E-state index contributed by atoms with van der Waals surface area (Å²) in [6.07, 6.45) is 0.227. The summed E-state index contributed by atoms with van der Waals surface area (Å²) in [4.78, 5) is 24.0. The van der Waals surface area contributed by atoms with Gasteiger partial charge in [-0.1, -0.05) is 51.1 Å². The zero-order valence-corrected chi connectivity index (χ0v) is 14.4. The summed E-state index contributed by atoms with van der Waals surface area (Å²) in [5.74, 6) is -0.319. The Labute approximate surface area is 141 Å². The van der Waals surface area contributed by atoms with E-state index in [0.29, 0.717) is 17.1 Å². The highest BCUT2D eigenvalue weighted by Gasteiger charge is 2.26. The molecule has 2 rings (SSSR count). The quantitative estimate of drug-likeness (QED) is 0.882. The first kappa shape index (κ1) is 17.8. The van der Waals surface area contributed by atoms with Crippen LogP contribution in [0, 0.1) is 6.92 Å². The average Bonchev–Trinajstić information content (AvgIpc) is 2.89. The summed E-state index contributed by atoms with van der Waals surface area (Å²) in [6.45, 7) is 7.67. The summed E-state index contributed by atoms with van der Waals surface area (Å²) < 4.78 is 5.65. The number of nitrogens with one attached hydrogen (secondary N) is 1. The van der Waals surface area contributed by atoms with Gasteiger partial charge in [0.2, 0.25) is 0 Å². The number of carbonyl (C=O) groups excluding carboxylic acids is 1. The maximum Gasteiger partial charge on any atom is 0.326 e. The van der Waals surface area contributed by atoms with Gasteiger partial charge in [0, 0.05) is 11.8 Å². The Morgan fingerprint density at radius 2 is 1.83 bits per heavy atom. The summed E-state index contributed by atoms with van der Waals surface area (Å²) in [5, 5.41) is 12.0. The fraction of sp³-hybridized carbons (Fsp3) is 0.368. The molecular weight excluding hydrogens is 306 g/mol. The molecule has 2 aromatic rings. The normalized spacial score (nSPS) is 12.7. The zero-order valence-electron chi connectivity index (χ0n) is 14.4. The third kappa shape index (κ3) is 4.25. The number of hydrogen-bond donors (Lipinski definition) is 2. The average molecular weight is 329 g/mol. The molecule has 0 unspecified atom stereocenters. The lowest BCUT2D eigenvalue weighted by atomic mass is 9.93. The van der Waals surface area contributed by atoms with Crippen LogP contribution < -0.4 is 5.32 Å². The Morgan fingerprint density at radius 1 is 1.21 bits per heavy atom. The molecule has 24 heavy (non-hydrogen) atoms. The van der Waals surface area contributed by atoms with Crippen LogP contribution in [-0.2, 0) is 16.6 Å². The molecule has 1 aromatic carbocycles. The van der Waals surface area contributed by atoms with Crippen molar-refractivity contribution in [2.75, 3.05) is 0 Å². The lowest BCUT2D eigenvalue weighted by Gasteiger charge is -2.14. The number of furan rings is 1. The lowest BCUT2D eigenvalue weighted by molar-refractivity contribution is -0.139. The number of hydrogen-bond acceptors (Lipinski definition) is 3. The minimum atomic E-state index is -1.07. The van der Waals surface area contributed by atoms with Crippen LogP contribution in [0.3, 0.4) is 0 Å². The van der Waals surface area contributed by atoms with Crippen molar-refractivity contribution in [3.63, 3.8) is 0 Å². The topological polar surface area (TPSA) is 79.5 Å². The van der Waals surface area contributed by atoms with Crippen LogP contribution in [0.2, 0.25) is 0 Å². The maximum absolute atomic E-state index is 12.5. The molecular formula is C19H23NO4. The molecule has 2 N–H and O–H groups in total. The van der Waals surface area contributed by atoms with Gasteiger partial charge in [-0.05, 0) is 18.6 Å². The fourth-order valence-electron chi connectivity index (χ4n) is 2.36. The molecule has 1 aromatic heterocycles. The van der Waals surface area contributed by atoms with E-state index in [2.05, 4.69) is 5.32 Å². The fourth-order valence-corrected chi connectivity index (χ4v) is 2.36. The molecule has 5 heteroatoms. The van der Waals surface area contributed by atoms with E-state index in [1.54, 1.807) is 13.0 Å². The van der Waals surface area contributed by atoms with E-state index < -0.39 is 17.9 Å². The van der Waals surface area contributed by atoms with Crippen LogP contribution in [0.15, 0.2) is 40.8 Å². The van der Waals surface area contributed by atoms with Crippen LogP contribution in [0.5, 0.6) is 0 Å². The lowest BCUT2D eigenvalue weighted by Crippen LogP contribution is -2.42. The maximum atomic E-state index is 12.5. The molecule has 0 bridgehead atoms. The molecule has 1 amide bonds. The Hall–Kier alpha value is -2.56. The second-order valence-electron chi connectivity index (χ2n) is 6.88. The van der Waals surface area contributed by atoms with E-state index in [0.717, 1.165) is 5.56 Å². The largest absolute Gasteiger partial charge is 0.480 e. The molecule has 0 aliphatic heterocycles. The Morgan fingerprint density at radius 3 is 2.33 bits per heavy atom. The van der Waals surface area contributed by atoms with Crippen LogP contribution in [0.25, 0.3) is 0 Å². The molecule has 0 saturated carbocycles. The first-order chi connectivity index (χ1) is 11.2. The third-order valence-electron chi connectivity index (χ3n) is 3.79. The van der Waals surface area contributed by atoms with E-state index in [9.17, 15) is 14.7 Å². The van der Waals surface area contributed by atoms with Gasteiger partial charge in [0.25, 0.3) is 5.91 Å². The van der Waals surface area contributed by atoms with Crippen LogP contribution in [0.4, 0.5) is 0 Å². The van der Waals surface area contributed by atoms with E-state index in [1.165, 1.54) is 0 Å². The van der Waals surface area contributed by atoms with Crippen molar-refractivity contribution in [2.45, 2.75) is 45.6 Å². The smallest absolute Gasteiger partial charge is 0.326 e. The number of carboxylic acid groups (broad SMARTS) is 1. The molecule has 128 valence electrons. The summed E-state index contributed by atoms with van der Waals surface area (Å²) in [5.41, 5.74) is 1.00. The number of amides is 1. The number of carbonyl (C=O) groups is 2. The number of aryl methyl sites for hydroxylation is 1. The van der Waals surface area contributed by atoms with Crippen molar-refractivity contribution >= 4 is 11.9 Å². The van der Waals surface area contributed by atoms with Gasteiger partial charge in [0.1, 0.15) is 17.6 Å². The minimum absolute atomic E-state index is 0.223. The van der Waals surface area contributed by atoms with E-state index >= 15 is 0 Å². The van der Waals surface area contributed by atoms with Crippen molar-refractivity contribution in [2.24, 2.45) is 0 Å². The molecule has 1 atom stereocenters. The zero-order chi connectivity index (χ0) is 17.9. The first-order valence-corrected chi connectivity index (χ1v) is 7.87. The second kappa shape index (κ2) is 6.91.